The zero-order valence-electron chi connectivity index (χ0n) is 8.48. The highest BCUT2D eigenvalue weighted by atomic mass is 32.2. The third-order valence-electron chi connectivity index (χ3n) is 2.49. The Morgan fingerprint density at radius 2 is 2.07 bits per heavy atom. The summed E-state index contributed by atoms with van der Waals surface area (Å²) in [6.07, 6.45) is 2.06. The van der Waals surface area contributed by atoms with Crippen molar-refractivity contribution in [2.75, 3.05) is 17.3 Å². The molecule has 3 nitrogen and oxygen atoms in total. The normalized spacial score (nSPS) is 28.1. The maximum Gasteiger partial charge on any atom is 0.156 e. The molecular weight excluding hydrogens is 220 g/mol. The van der Waals surface area contributed by atoms with Gasteiger partial charge in [-0.2, -0.15) is 11.8 Å². The van der Waals surface area contributed by atoms with Gasteiger partial charge in [-0.25, -0.2) is 8.42 Å². The predicted molar refractivity (Wildman–Crippen MR) is 60.4 cm³/mol. The van der Waals surface area contributed by atoms with Crippen molar-refractivity contribution in [3.63, 3.8) is 0 Å². The van der Waals surface area contributed by atoms with E-state index in [1.165, 1.54) is 11.8 Å². The van der Waals surface area contributed by atoms with Crippen molar-refractivity contribution in [2.24, 2.45) is 0 Å². The van der Waals surface area contributed by atoms with Crippen LogP contribution in [0.2, 0.25) is 0 Å². The van der Waals surface area contributed by atoms with E-state index in [1.807, 2.05) is 6.92 Å². The molecule has 0 bridgehead atoms. The second kappa shape index (κ2) is 5.37. The third-order valence-corrected chi connectivity index (χ3v) is 6.14. The molecule has 0 amide bonds. The maximum absolute atomic E-state index is 11.7. The lowest BCUT2D eigenvalue weighted by Crippen LogP contribution is -2.34. The highest BCUT2D eigenvalue weighted by Gasteiger charge is 2.36. The first-order valence-corrected chi connectivity index (χ1v) is 7.92. The number of hydrogen-bond acceptors (Lipinski definition) is 4. The molecule has 0 spiro atoms. The lowest BCUT2D eigenvalue weighted by Gasteiger charge is -2.14. The van der Waals surface area contributed by atoms with Gasteiger partial charge in [0.2, 0.25) is 0 Å². The summed E-state index contributed by atoms with van der Waals surface area (Å²) in [5.74, 6) is 1.37. The summed E-state index contributed by atoms with van der Waals surface area (Å²) in [5.41, 5.74) is 0. The lowest BCUT2D eigenvalue weighted by molar-refractivity contribution is 0.204. The van der Waals surface area contributed by atoms with Gasteiger partial charge in [-0.05, 0) is 6.42 Å². The Kier molecular flexibility index (Phi) is 4.73. The van der Waals surface area contributed by atoms with Crippen LogP contribution in [0.25, 0.3) is 0 Å². The van der Waals surface area contributed by atoms with Gasteiger partial charge < -0.3 is 5.11 Å². The summed E-state index contributed by atoms with van der Waals surface area (Å²) in [6.45, 7) is 2.05. The molecule has 0 radical (unpaired) electrons. The van der Waals surface area contributed by atoms with Crippen LogP contribution in [0.15, 0.2) is 0 Å². The number of unbranched alkanes of at least 4 members (excludes halogenated alkanes) is 2. The fraction of sp³-hybridized carbons (Fsp3) is 1.00. The van der Waals surface area contributed by atoms with Gasteiger partial charge in [0.05, 0.1) is 17.1 Å². The summed E-state index contributed by atoms with van der Waals surface area (Å²) in [5, 5.41) is 8.97. The number of rotatable bonds is 5. The molecule has 14 heavy (non-hydrogen) atoms. The van der Waals surface area contributed by atoms with Crippen LogP contribution in [0.5, 0.6) is 0 Å². The molecule has 0 aromatic rings. The predicted octanol–water partition coefficient (Wildman–Crippen LogP) is 1.07. The van der Waals surface area contributed by atoms with Gasteiger partial charge in [0, 0.05) is 11.5 Å². The van der Waals surface area contributed by atoms with Crippen molar-refractivity contribution in [1.29, 1.82) is 0 Å². The minimum atomic E-state index is -3.05. The number of thioether (sulfide) groups is 1. The van der Waals surface area contributed by atoms with Gasteiger partial charge in [-0.3, -0.25) is 0 Å². The van der Waals surface area contributed by atoms with Crippen molar-refractivity contribution in [1.82, 2.24) is 0 Å². The molecule has 1 heterocycles. The van der Waals surface area contributed by atoms with Crippen LogP contribution in [0.3, 0.4) is 0 Å². The molecule has 1 saturated heterocycles. The molecule has 0 aromatic heterocycles. The molecule has 1 aliphatic rings. The maximum atomic E-state index is 11.7. The first-order valence-electron chi connectivity index (χ1n) is 5.05. The van der Waals surface area contributed by atoms with Gasteiger partial charge in [0.25, 0.3) is 0 Å². The first-order chi connectivity index (χ1) is 6.58. The van der Waals surface area contributed by atoms with Gasteiger partial charge >= 0.3 is 0 Å². The van der Waals surface area contributed by atoms with Crippen LogP contribution >= 0.6 is 11.8 Å². The average Bonchev–Trinajstić information content (AvgIpc) is 2.52. The Labute approximate surface area is 90.2 Å². The fourth-order valence-corrected chi connectivity index (χ4v) is 5.36. The molecule has 1 aliphatic heterocycles. The Morgan fingerprint density at radius 3 is 2.57 bits per heavy atom. The smallest absolute Gasteiger partial charge is 0.156 e. The quantitative estimate of drug-likeness (QED) is 0.728. The standard InChI is InChI=1S/C9H18O3S2/c1-2-3-4-5-14(11,12)9-7-13-6-8(9)10/h8-10H,2-7H2,1H3. The second-order valence-corrected chi connectivity index (χ2v) is 7.13. The topological polar surface area (TPSA) is 54.4 Å². The van der Waals surface area contributed by atoms with Crippen molar-refractivity contribution in [3.05, 3.63) is 0 Å². The zero-order valence-corrected chi connectivity index (χ0v) is 10.1. The van der Waals surface area contributed by atoms with E-state index in [9.17, 15) is 13.5 Å². The summed E-state index contributed by atoms with van der Waals surface area (Å²) >= 11 is 1.53. The van der Waals surface area contributed by atoms with Gasteiger partial charge in [0.1, 0.15) is 0 Å². The van der Waals surface area contributed by atoms with E-state index in [-0.39, 0.29) is 5.75 Å². The number of aliphatic hydroxyl groups excluding tert-OH is 1. The van der Waals surface area contributed by atoms with Crippen LogP contribution < -0.4 is 0 Å². The van der Waals surface area contributed by atoms with Crippen LogP contribution in [0.1, 0.15) is 26.2 Å². The number of aliphatic hydroxyl groups is 1. The Bertz CT molecular complexity index is 261. The largest absolute Gasteiger partial charge is 0.391 e. The van der Waals surface area contributed by atoms with E-state index in [1.54, 1.807) is 0 Å². The molecule has 0 aromatic carbocycles. The van der Waals surface area contributed by atoms with Crippen molar-refractivity contribution >= 4 is 21.6 Å². The number of sulfone groups is 1. The molecule has 0 saturated carbocycles. The molecule has 84 valence electrons. The van der Waals surface area contributed by atoms with Gasteiger partial charge in [-0.15, -0.1) is 0 Å². The minimum absolute atomic E-state index is 0.239. The molecule has 1 rings (SSSR count). The molecular formula is C9H18O3S2. The van der Waals surface area contributed by atoms with Crippen LogP contribution in [-0.2, 0) is 9.84 Å². The summed E-state index contributed by atoms with van der Waals surface area (Å²) < 4.78 is 23.5. The van der Waals surface area contributed by atoms with E-state index in [4.69, 9.17) is 0 Å². The van der Waals surface area contributed by atoms with E-state index < -0.39 is 21.2 Å². The Morgan fingerprint density at radius 1 is 1.36 bits per heavy atom. The fourth-order valence-electron chi connectivity index (χ4n) is 1.57. The Balaban J connectivity index is 2.47. The van der Waals surface area contributed by atoms with Crippen LogP contribution in [0, 0.1) is 0 Å². The summed E-state index contributed by atoms with van der Waals surface area (Å²) in [6, 6.07) is 0. The highest BCUT2D eigenvalue weighted by molar-refractivity contribution is 8.01. The molecule has 1 fully saturated rings. The number of hydrogen-bond donors (Lipinski definition) is 1. The molecule has 2 unspecified atom stereocenters. The first kappa shape index (κ1) is 12.3. The summed E-state index contributed by atoms with van der Waals surface area (Å²) in [4.78, 5) is 0. The highest BCUT2D eigenvalue weighted by Crippen LogP contribution is 2.25. The lowest BCUT2D eigenvalue weighted by atomic mass is 10.3. The SMILES string of the molecule is CCCCCS(=O)(=O)C1CSCC1O. The monoisotopic (exact) mass is 238 g/mol. The van der Waals surface area contributed by atoms with Crippen molar-refractivity contribution in [2.45, 2.75) is 37.5 Å². The summed E-state index contributed by atoms with van der Waals surface area (Å²) in [7, 11) is -3.05. The van der Waals surface area contributed by atoms with E-state index in [2.05, 4.69) is 0 Å². The van der Waals surface area contributed by atoms with E-state index >= 15 is 0 Å². The van der Waals surface area contributed by atoms with Gasteiger partial charge in [-0.1, -0.05) is 19.8 Å². The average molecular weight is 238 g/mol. The second-order valence-electron chi connectivity index (χ2n) is 3.72. The zero-order chi connectivity index (χ0) is 10.6. The third kappa shape index (κ3) is 3.14. The minimum Gasteiger partial charge on any atom is -0.391 e. The van der Waals surface area contributed by atoms with Gasteiger partial charge in [0.15, 0.2) is 9.84 Å². The van der Waals surface area contributed by atoms with Crippen molar-refractivity contribution < 1.29 is 13.5 Å². The van der Waals surface area contributed by atoms with E-state index in [0.717, 1.165) is 19.3 Å². The molecule has 1 N–H and O–H groups in total. The van der Waals surface area contributed by atoms with Crippen LogP contribution in [0.4, 0.5) is 0 Å². The van der Waals surface area contributed by atoms with Crippen LogP contribution in [-0.4, -0.2) is 42.1 Å². The van der Waals surface area contributed by atoms with Crippen molar-refractivity contribution in [3.8, 4) is 0 Å². The van der Waals surface area contributed by atoms with E-state index in [0.29, 0.717) is 11.5 Å². The Hall–Kier alpha value is 0.260. The molecule has 2 atom stereocenters. The molecule has 0 aliphatic carbocycles. The molecule has 5 heteroatoms.